The summed E-state index contributed by atoms with van der Waals surface area (Å²) in [5, 5.41) is 0. The van der Waals surface area contributed by atoms with E-state index in [9.17, 15) is 4.39 Å². The summed E-state index contributed by atoms with van der Waals surface area (Å²) in [6, 6.07) is 24.0. The Morgan fingerprint density at radius 2 is 1.53 bits per heavy atom. The molecule has 32 heavy (non-hydrogen) atoms. The smallest absolute Gasteiger partial charge is 0.212 e. The lowest BCUT2D eigenvalue weighted by Gasteiger charge is -2.38. The van der Waals surface area contributed by atoms with E-state index in [0.717, 1.165) is 34.4 Å². The molecule has 4 heteroatoms. The van der Waals surface area contributed by atoms with Crippen LogP contribution in [0.15, 0.2) is 127 Å². The van der Waals surface area contributed by atoms with Crippen LogP contribution in [0.3, 0.4) is 0 Å². The number of rotatable bonds is 5. The predicted octanol–water partition coefficient (Wildman–Crippen LogP) is 6.32. The molecule has 1 aliphatic rings. The van der Waals surface area contributed by atoms with Gasteiger partial charge in [-0.1, -0.05) is 91.0 Å². The Kier molecular flexibility index (Phi) is 5.34. The van der Waals surface area contributed by atoms with Gasteiger partial charge in [0.1, 0.15) is 5.54 Å². The normalized spacial score (nSPS) is 13.6. The standard InChI is InChI=1S/C28H22FN3/c29-27-18-17-22(19-30-27)26-20-32(21-31-26)28(24-13-7-3-8-14-24,25-15-9-4-10-16-25)23-11-5-1-2-6-12-23/h1-5,7-21H,6H2. The number of halogens is 1. The number of benzene rings is 2. The Morgan fingerprint density at radius 1 is 0.812 bits per heavy atom. The zero-order valence-corrected chi connectivity index (χ0v) is 17.5. The lowest BCUT2D eigenvalue weighted by atomic mass is 9.75. The van der Waals surface area contributed by atoms with Crippen LogP contribution in [0.5, 0.6) is 0 Å². The van der Waals surface area contributed by atoms with Gasteiger partial charge >= 0.3 is 0 Å². The molecule has 2 aromatic heterocycles. The van der Waals surface area contributed by atoms with Crippen molar-refractivity contribution in [1.82, 2.24) is 14.5 Å². The second-order valence-electron chi connectivity index (χ2n) is 7.66. The highest BCUT2D eigenvalue weighted by molar-refractivity contribution is 5.59. The Balaban J connectivity index is 1.78. The van der Waals surface area contributed by atoms with Crippen LogP contribution in [0.1, 0.15) is 17.5 Å². The number of allylic oxidation sites excluding steroid dienone is 6. The number of aromatic nitrogens is 3. The zero-order chi connectivity index (χ0) is 21.8. The molecular formula is C28H22FN3. The van der Waals surface area contributed by atoms with Crippen LogP contribution in [-0.4, -0.2) is 14.5 Å². The topological polar surface area (TPSA) is 30.7 Å². The molecule has 0 unspecified atom stereocenters. The average Bonchev–Trinajstić information content (AvgIpc) is 3.17. The van der Waals surface area contributed by atoms with Crippen LogP contribution in [0.4, 0.5) is 4.39 Å². The van der Waals surface area contributed by atoms with E-state index >= 15 is 0 Å². The molecule has 0 N–H and O–H groups in total. The first-order chi connectivity index (χ1) is 15.8. The first-order valence-corrected chi connectivity index (χ1v) is 10.6. The zero-order valence-electron chi connectivity index (χ0n) is 17.5. The Morgan fingerprint density at radius 3 is 2.19 bits per heavy atom. The Bertz CT molecular complexity index is 1240. The monoisotopic (exact) mass is 419 g/mol. The van der Waals surface area contributed by atoms with E-state index < -0.39 is 11.5 Å². The van der Waals surface area contributed by atoms with Crippen molar-refractivity contribution in [3.05, 3.63) is 145 Å². The van der Waals surface area contributed by atoms with Crippen LogP contribution in [0.2, 0.25) is 0 Å². The SMILES string of the molecule is Fc1ccc(-c2cn(C(C3=CCC=CC=C3)(c3ccccc3)c3ccccc3)cn2)cn1. The lowest BCUT2D eigenvalue weighted by Crippen LogP contribution is -2.37. The molecule has 0 bridgehead atoms. The van der Waals surface area contributed by atoms with Crippen molar-refractivity contribution in [2.24, 2.45) is 0 Å². The molecule has 1 aliphatic carbocycles. The highest BCUT2D eigenvalue weighted by atomic mass is 19.1. The van der Waals surface area contributed by atoms with Crippen LogP contribution in [-0.2, 0) is 5.54 Å². The molecule has 0 fully saturated rings. The third-order valence-electron chi connectivity index (χ3n) is 5.79. The fourth-order valence-corrected chi connectivity index (χ4v) is 4.34. The maximum Gasteiger partial charge on any atom is 0.212 e. The second kappa shape index (κ2) is 8.60. The van der Waals surface area contributed by atoms with Crippen molar-refractivity contribution in [2.75, 3.05) is 0 Å². The van der Waals surface area contributed by atoms with E-state index in [2.05, 4.69) is 93.4 Å². The lowest BCUT2D eigenvalue weighted by molar-refractivity contribution is 0.512. The third-order valence-corrected chi connectivity index (χ3v) is 5.79. The summed E-state index contributed by atoms with van der Waals surface area (Å²) in [5.41, 5.74) is 4.30. The van der Waals surface area contributed by atoms with Gasteiger partial charge in [-0.3, -0.25) is 0 Å². The van der Waals surface area contributed by atoms with Crippen molar-refractivity contribution in [3.63, 3.8) is 0 Å². The van der Waals surface area contributed by atoms with E-state index in [4.69, 9.17) is 0 Å². The van der Waals surface area contributed by atoms with E-state index in [1.165, 1.54) is 12.3 Å². The van der Waals surface area contributed by atoms with Gasteiger partial charge in [0.05, 0.1) is 12.0 Å². The molecule has 0 radical (unpaired) electrons. The fourth-order valence-electron chi connectivity index (χ4n) is 4.34. The molecule has 0 aliphatic heterocycles. The Labute approximate surface area is 186 Å². The van der Waals surface area contributed by atoms with Gasteiger partial charge in [-0.2, -0.15) is 4.39 Å². The van der Waals surface area contributed by atoms with E-state index in [-0.39, 0.29) is 0 Å². The minimum atomic E-state index is -0.621. The number of hydrogen-bond acceptors (Lipinski definition) is 2. The summed E-state index contributed by atoms with van der Waals surface area (Å²) in [6.45, 7) is 0. The van der Waals surface area contributed by atoms with Crippen LogP contribution >= 0.6 is 0 Å². The summed E-state index contributed by atoms with van der Waals surface area (Å²) >= 11 is 0. The molecule has 156 valence electrons. The summed E-state index contributed by atoms with van der Waals surface area (Å²) < 4.78 is 15.5. The van der Waals surface area contributed by atoms with Crippen LogP contribution in [0, 0.1) is 5.95 Å². The maximum absolute atomic E-state index is 13.4. The summed E-state index contributed by atoms with van der Waals surface area (Å²) in [6.07, 6.45) is 17.0. The minimum absolute atomic E-state index is 0.502. The van der Waals surface area contributed by atoms with Gasteiger partial charge in [-0.15, -0.1) is 0 Å². The molecular weight excluding hydrogens is 397 g/mol. The number of imidazole rings is 1. The number of nitrogens with zero attached hydrogens (tertiary/aromatic N) is 3. The highest BCUT2D eigenvalue weighted by Crippen LogP contribution is 2.42. The van der Waals surface area contributed by atoms with Crippen molar-refractivity contribution >= 4 is 0 Å². The first-order valence-electron chi connectivity index (χ1n) is 10.6. The van der Waals surface area contributed by atoms with Gasteiger partial charge in [0.15, 0.2) is 0 Å². The molecule has 0 amide bonds. The molecule has 5 rings (SSSR count). The highest BCUT2D eigenvalue weighted by Gasteiger charge is 2.39. The molecule has 2 aromatic carbocycles. The number of hydrogen-bond donors (Lipinski definition) is 0. The molecule has 0 saturated heterocycles. The molecule has 0 saturated carbocycles. The van der Waals surface area contributed by atoms with Gasteiger partial charge in [0, 0.05) is 18.0 Å². The largest absolute Gasteiger partial charge is 0.318 e. The van der Waals surface area contributed by atoms with Gasteiger partial charge in [0.2, 0.25) is 5.95 Å². The third kappa shape index (κ3) is 3.50. The van der Waals surface area contributed by atoms with Crippen molar-refractivity contribution in [2.45, 2.75) is 12.0 Å². The Hall–Kier alpha value is -4.05. The van der Waals surface area contributed by atoms with Crippen molar-refractivity contribution in [3.8, 4) is 11.3 Å². The summed E-state index contributed by atoms with van der Waals surface area (Å²) in [5.74, 6) is -0.502. The van der Waals surface area contributed by atoms with Gasteiger partial charge in [0.25, 0.3) is 0 Å². The van der Waals surface area contributed by atoms with Crippen LogP contribution < -0.4 is 0 Å². The van der Waals surface area contributed by atoms with Crippen molar-refractivity contribution < 1.29 is 4.39 Å². The average molecular weight is 420 g/mol. The maximum atomic E-state index is 13.4. The number of pyridine rings is 1. The minimum Gasteiger partial charge on any atom is -0.318 e. The summed E-state index contributed by atoms with van der Waals surface area (Å²) in [7, 11) is 0. The fraction of sp³-hybridized carbons (Fsp3) is 0.0714. The van der Waals surface area contributed by atoms with Crippen molar-refractivity contribution in [1.29, 1.82) is 0 Å². The van der Waals surface area contributed by atoms with Gasteiger partial charge < -0.3 is 4.57 Å². The molecule has 4 aromatic rings. The molecule has 0 atom stereocenters. The molecule has 0 spiro atoms. The van der Waals surface area contributed by atoms with Gasteiger partial charge in [-0.25, -0.2) is 9.97 Å². The molecule has 2 heterocycles. The second-order valence-corrected chi connectivity index (χ2v) is 7.66. The quantitative estimate of drug-likeness (QED) is 0.355. The van der Waals surface area contributed by atoms with E-state index in [1.807, 2.05) is 24.7 Å². The predicted molar refractivity (Wildman–Crippen MR) is 125 cm³/mol. The summed E-state index contributed by atoms with van der Waals surface area (Å²) in [4.78, 5) is 8.48. The van der Waals surface area contributed by atoms with Gasteiger partial charge in [-0.05, 0) is 35.3 Å². The van der Waals surface area contributed by atoms with Crippen LogP contribution in [0.25, 0.3) is 11.3 Å². The molecule has 3 nitrogen and oxygen atoms in total. The van der Waals surface area contributed by atoms with E-state index in [0.29, 0.717) is 0 Å². The first kappa shape index (κ1) is 19.9. The van der Waals surface area contributed by atoms with E-state index in [1.54, 1.807) is 6.07 Å².